The van der Waals surface area contributed by atoms with Gasteiger partial charge in [-0.3, -0.25) is 13.9 Å². The van der Waals surface area contributed by atoms with Crippen molar-refractivity contribution >= 4 is 11.2 Å². The molecule has 126 valence electrons. The van der Waals surface area contributed by atoms with E-state index in [2.05, 4.69) is 15.2 Å². The van der Waals surface area contributed by atoms with Crippen molar-refractivity contribution < 1.29 is 0 Å². The molecule has 23 heavy (non-hydrogen) atoms. The second-order valence-electron chi connectivity index (χ2n) is 6.16. The standard InChI is InChI=1S/C15H24N6O2/c1-18-11(5-4-8-21-9-6-16-7-10-21)17-13-12(18)14(22)20(3)15(23)19(13)2/h16H,4-10H2,1-3H3. The second-order valence-corrected chi connectivity index (χ2v) is 6.16. The van der Waals surface area contributed by atoms with Gasteiger partial charge in [-0.2, -0.15) is 0 Å². The third-order valence-electron chi connectivity index (χ3n) is 4.65. The minimum atomic E-state index is -0.340. The van der Waals surface area contributed by atoms with Gasteiger partial charge in [-0.25, -0.2) is 9.78 Å². The summed E-state index contributed by atoms with van der Waals surface area (Å²) < 4.78 is 4.40. The maximum atomic E-state index is 12.3. The first kappa shape index (κ1) is 15.9. The summed E-state index contributed by atoms with van der Waals surface area (Å²) in [5, 5.41) is 3.35. The Bertz CT molecular complexity index is 825. The molecule has 1 N–H and O–H groups in total. The first-order valence-corrected chi connectivity index (χ1v) is 8.05. The van der Waals surface area contributed by atoms with Crippen molar-refractivity contribution in [3.8, 4) is 0 Å². The number of aromatic nitrogens is 4. The van der Waals surface area contributed by atoms with Crippen molar-refractivity contribution in [3.05, 3.63) is 26.7 Å². The molecule has 0 amide bonds. The van der Waals surface area contributed by atoms with Crippen LogP contribution in [0.2, 0.25) is 0 Å². The summed E-state index contributed by atoms with van der Waals surface area (Å²) in [6, 6.07) is 0. The third-order valence-corrected chi connectivity index (χ3v) is 4.65. The first-order chi connectivity index (χ1) is 11.0. The molecule has 3 heterocycles. The van der Waals surface area contributed by atoms with Gasteiger partial charge in [0.2, 0.25) is 0 Å². The summed E-state index contributed by atoms with van der Waals surface area (Å²) >= 11 is 0. The second kappa shape index (κ2) is 6.29. The van der Waals surface area contributed by atoms with Crippen LogP contribution in [-0.4, -0.2) is 56.3 Å². The fourth-order valence-corrected chi connectivity index (χ4v) is 3.18. The molecular weight excluding hydrogens is 296 g/mol. The van der Waals surface area contributed by atoms with E-state index in [0.717, 1.165) is 56.0 Å². The minimum Gasteiger partial charge on any atom is -0.325 e. The van der Waals surface area contributed by atoms with Crippen LogP contribution >= 0.6 is 0 Å². The molecule has 0 radical (unpaired) electrons. The van der Waals surface area contributed by atoms with Crippen LogP contribution in [0.25, 0.3) is 11.2 Å². The lowest BCUT2D eigenvalue weighted by atomic mass is 10.2. The lowest BCUT2D eigenvalue weighted by molar-refractivity contribution is 0.238. The fraction of sp³-hybridized carbons (Fsp3) is 0.667. The normalized spacial score (nSPS) is 16.3. The Labute approximate surface area is 134 Å². The number of imidazole rings is 1. The Morgan fingerprint density at radius 3 is 2.43 bits per heavy atom. The van der Waals surface area contributed by atoms with Gasteiger partial charge >= 0.3 is 5.69 Å². The van der Waals surface area contributed by atoms with E-state index in [-0.39, 0.29) is 11.2 Å². The van der Waals surface area contributed by atoms with Crippen molar-refractivity contribution in [2.45, 2.75) is 12.8 Å². The molecule has 1 fully saturated rings. The van der Waals surface area contributed by atoms with Crippen molar-refractivity contribution in [2.75, 3.05) is 32.7 Å². The first-order valence-electron chi connectivity index (χ1n) is 8.05. The molecule has 0 aliphatic carbocycles. The molecular formula is C15H24N6O2. The van der Waals surface area contributed by atoms with E-state index >= 15 is 0 Å². The highest BCUT2D eigenvalue weighted by Gasteiger charge is 2.17. The van der Waals surface area contributed by atoms with Gasteiger partial charge in [-0.15, -0.1) is 0 Å². The minimum absolute atomic E-state index is 0.286. The summed E-state index contributed by atoms with van der Waals surface area (Å²) in [4.78, 5) is 31.3. The zero-order chi connectivity index (χ0) is 16.6. The van der Waals surface area contributed by atoms with Gasteiger partial charge in [0, 0.05) is 53.7 Å². The Kier molecular flexibility index (Phi) is 4.36. The van der Waals surface area contributed by atoms with Crippen LogP contribution in [0.4, 0.5) is 0 Å². The largest absolute Gasteiger partial charge is 0.332 e. The van der Waals surface area contributed by atoms with Crippen molar-refractivity contribution in [3.63, 3.8) is 0 Å². The van der Waals surface area contributed by atoms with Crippen LogP contribution in [0.15, 0.2) is 9.59 Å². The fourth-order valence-electron chi connectivity index (χ4n) is 3.18. The van der Waals surface area contributed by atoms with E-state index in [0.29, 0.717) is 11.2 Å². The molecule has 0 spiro atoms. The lowest BCUT2D eigenvalue weighted by Gasteiger charge is -2.26. The molecule has 3 rings (SSSR count). The number of hydrogen-bond acceptors (Lipinski definition) is 5. The molecule has 1 saturated heterocycles. The van der Waals surface area contributed by atoms with Crippen molar-refractivity contribution in [1.29, 1.82) is 0 Å². The highest BCUT2D eigenvalue weighted by atomic mass is 16.2. The van der Waals surface area contributed by atoms with Gasteiger partial charge < -0.3 is 14.8 Å². The van der Waals surface area contributed by atoms with Crippen molar-refractivity contribution in [2.24, 2.45) is 21.1 Å². The zero-order valence-electron chi connectivity index (χ0n) is 14.0. The quantitative estimate of drug-likeness (QED) is 0.766. The molecule has 2 aromatic rings. The number of piperazine rings is 1. The predicted octanol–water partition coefficient (Wildman–Crippen LogP) is -1.19. The van der Waals surface area contributed by atoms with Crippen LogP contribution in [0, 0.1) is 0 Å². The number of aryl methyl sites for hydroxylation is 3. The number of fused-ring (bicyclic) bond motifs is 1. The van der Waals surface area contributed by atoms with Gasteiger partial charge in [0.05, 0.1) is 0 Å². The number of nitrogens with zero attached hydrogens (tertiary/aromatic N) is 5. The molecule has 0 saturated carbocycles. The van der Waals surface area contributed by atoms with Gasteiger partial charge in [0.25, 0.3) is 5.56 Å². The summed E-state index contributed by atoms with van der Waals surface area (Å²) in [6.07, 6.45) is 1.79. The molecule has 8 nitrogen and oxygen atoms in total. The van der Waals surface area contributed by atoms with Crippen LogP contribution in [0.1, 0.15) is 12.2 Å². The highest BCUT2D eigenvalue weighted by molar-refractivity contribution is 5.70. The molecule has 8 heteroatoms. The summed E-state index contributed by atoms with van der Waals surface area (Å²) in [5.41, 5.74) is 0.337. The van der Waals surface area contributed by atoms with Gasteiger partial charge in [0.15, 0.2) is 11.2 Å². The van der Waals surface area contributed by atoms with Crippen molar-refractivity contribution in [1.82, 2.24) is 28.9 Å². The van der Waals surface area contributed by atoms with E-state index in [9.17, 15) is 9.59 Å². The molecule has 0 bridgehead atoms. The zero-order valence-corrected chi connectivity index (χ0v) is 14.0. The average molecular weight is 320 g/mol. The summed E-state index contributed by atoms with van der Waals surface area (Å²) in [5.74, 6) is 0.855. The molecule has 0 aromatic carbocycles. The Morgan fingerprint density at radius 1 is 1.04 bits per heavy atom. The van der Waals surface area contributed by atoms with E-state index in [1.54, 1.807) is 7.05 Å². The van der Waals surface area contributed by atoms with Crippen LogP contribution < -0.4 is 16.6 Å². The Hall–Kier alpha value is -1.93. The average Bonchev–Trinajstić information content (AvgIpc) is 2.89. The molecule has 2 aromatic heterocycles. The van der Waals surface area contributed by atoms with Crippen LogP contribution in [0.5, 0.6) is 0 Å². The predicted molar refractivity (Wildman–Crippen MR) is 88.8 cm³/mol. The molecule has 1 aliphatic rings. The number of nitrogens with one attached hydrogen (secondary N) is 1. The Balaban J connectivity index is 1.83. The maximum absolute atomic E-state index is 12.3. The number of rotatable bonds is 4. The van der Waals surface area contributed by atoms with Gasteiger partial charge in [0.1, 0.15) is 5.82 Å². The van der Waals surface area contributed by atoms with E-state index < -0.39 is 0 Å². The summed E-state index contributed by atoms with van der Waals surface area (Å²) in [6.45, 7) is 5.28. The third kappa shape index (κ3) is 2.84. The monoisotopic (exact) mass is 320 g/mol. The highest BCUT2D eigenvalue weighted by Crippen LogP contribution is 2.11. The SMILES string of the molecule is Cn1c(=O)c2c(nc(CCCN3CCNCC3)n2C)n(C)c1=O. The van der Waals surface area contributed by atoms with E-state index in [1.807, 2.05) is 11.6 Å². The summed E-state index contributed by atoms with van der Waals surface area (Å²) in [7, 11) is 5.00. The molecule has 0 atom stereocenters. The Morgan fingerprint density at radius 2 is 1.74 bits per heavy atom. The van der Waals surface area contributed by atoms with Gasteiger partial charge in [-0.05, 0) is 13.0 Å². The number of hydrogen-bond donors (Lipinski definition) is 1. The molecule has 0 unspecified atom stereocenters. The maximum Gasteiger partial charge on any atom is 0.332 e. The van der Waals surface area contributed by atoms with Crippen LogP contribution in [0.3, 0.4) is 0 Å². The topological polar surface area (TPSA) is 77.1 Å². The molecule has 1 aliphatic heterocycles. The smallest absolute Gasteiger partial charge is 0.325 e. The van der Waals surface area contributed by atoms with E-state index in [1.165, 1.54) is 11.6 Å². The van der Waals surface area contributed by atoms with Gasteiger partial charge in [-0.1, -0.05) is 0 Å². The van der Waals surface area contributed by atoms with Crippen LogP contribution in [-0.2, 0) is 27.6 Å². The van der Waals surface area contributed by atoms with E-state index in [4.69, 9.17) is 0 Å². The lowest BCUT2D eigenvalue weighted by Crippen LogP contribution is -2.43.